The summed E-state index contributed by atoms with van der Waals surface area (Å²) in [4.78, 5) is 10.0. The first-order valence-corrected chi connectivity index (χ1v) is 13.2. The molecule has 3 aliphatic heterocycles. The van der Waals surface area contributed by atoms with Gasteiger partial charge >= 0.3 is 0 Å². The summed E-state index contributed by atoms with van der Waals surface area (Å²) in [6, 6.07) is 22.2. The molecule has 4 aromatic carbocycles. The zero-order valence-corrected chi connectivity index (χ0v) is 21.6. The summed E-state index contributed by atoms with van der Waals surface area (Å²) in [5.41, 5.74) is 5.06. The monoisotopic (exact) mass is 475 g/mol. The van der Waals surface area contributed by atoms with Gasteiger partial charge in [0.1, 0.15) is 5.69 Å². The highest BCUT2D eigenvalue weighted by atomic mass is 16.5. The molecule has 4 heteroatoms. The average molecular weight is 476 g/mol. The molecule has 0 aromatic heterocycles. The Bertz CT molecular complexity index is 1560. The fraction of sp³-hybridized carbons (Fsp3) is 0.344. The maximum atomic E-state index is 7.13. The molecule has 1 unspecified atom stereocenters. The SMILES string of the molecule is Cc1ccc2c(c1)C(C)(C)C1(C=Nc3c(cc(N4CCCCC4)c4c3ccc3ccccc34)O1)N2C. The second kappa shape index (κ2) is 7.49. The number of fused-ring (bicyclic) bond motifs is 6. The van der Waals surface area contributed by atoms with Crippen LogP contribution in [0.4, 0.5) is 17.1 Å². The third kappa shape index (κ3) is 2.79. The first-order valence-electron chi connectivity index (χ1n) is 13.2. The van der Waals surface area contributed by atoms with Crippen LogP contribution in [0.15, 0.2) is 65.7 Å². The zero-order chi connectivity index (χ0) is 24.7. The number of benzene rings is 4. The Morgan fingerprint density at radius 2 is 1.67 bits per heavy atom. The number of rotatable bonds is 1. The van der Waals surface area contributed by atoms with Crippen molar-refractivity contribution in [2.45, 2.75) is 51.2 Å². The molecule has 0 radical (unpaired) electrons. The van der Waals surface area contributed by atoms with Gasteiger partial charge in [-0.2, -0.15) is 0 Å². The van der Waals surface area contributed by atoms with Crippen LogP contribution in [0.3, 0.4) is 0 Å². The van der Waals surface area contributed by atoms with Crippen LogP contribution >= 0.6 is 0 Å². The standard InChI is InChI=1S/C32H33N3O/c1-21-12-15-26-25(18-21)31(2,3)32(34(26)4)20-33-30-24-14-13-22-10-6-7-11-23(22)29(24)27(19-28(30)36-32)35-16-8-5-9-17-35/h6-7,10-15,18-20H,5,8-9,16-17H2,1-4H3. The van der Waals surface area contributed by atoms with Gasteiger partial charge in [-0.15, -0.1) is 0 Å². The second-order valence-electron chi connectivity index (χ2n) is 11.3. The molecule has 0 bridgehead atoms. The van der Waals surface area contributed by atoms with Crippen molar-refractivity contribution >= 4 is 44.8 Å². The molecule has 182 valence electrons. The summed E-state index contributed by atoms with van der Waals surface area (Å²) in [5.74, 6) is 0.880. The van der Waals surface area contributed by atoms with Gasteiger partial charge in [0.05, 0.1) is 11.6 Å². The van der Waals surface area contributed by atoms with Crippen molar-refractivity contribution in [3.05, 3.63) is 71.8 Å². The first kappa shape index (κ1) is 21.7. The minimum absolute atomic E-state index is 0.270. The summed E-state index contributed by atoms with van der Waals surface area (Å²) < 4.78 is 7.13. The molecule has 3 aliphatic rings. The van der Waals surface area contributed by atoms with Gasteiger partial charge in [0.25, 0.3) is 0 Å². The molecule has 4 aromatic rings. The topological polar surface area (TPSA) is 28.1 Å². The molecule has 0 amide bonds. The highest BCUT2D eigenvalue weighted by Crippen LogP contribution is 2.55. The van der Waals surface area contributed by atoms with Crippen LogP contribution in [0.2, 0.25) is 0 Å². The van der Waals surface area contributed by atoms with E-state index in [9.17, 15) is 0 Å². The molecule has 1 fully saturated rings. The predicted molar refractivity (Wildman–Crippen MR) is 152 cm³/mol. The van der Waals surface area contributed by atoms with Gasteiger partial charge in [0, 0.05) is 48.4 Å². The molecular weight excluding hydrogens is 442 g/mol. The number of hydrogen-bond acceptors (Lipinski definition) is 4. The summed E-state index contributed by atoms with van der Waals surface area (Å²) in [6.07, 6.45) is 5.83. The van der Waals surface area contributed by atoms with Crippen LogP contribution in [-0.2, 0) is 5.41 Å². The number of hydrogen-bond donors (Lipinski definition) is 0. The molecule has 0 saturated carbocycles. The highest BCUT2D eigenvalue weighted by Gasteiger charge is 2.58. The fourth-order valence-electron chi connectivity index (χ4n) is 6.76. The summed E-state index contributed by atoms with van der Waals surface area (Å²) in [6.45, 7) is 8.90. The molecule has 36 heavy (non-hydrogen) atoms. The van der Waals surface area contributed by atoms with E-state index < -0.39 is 5.72 Å². The number of likely N-dealkylation sites (N-methyl/N-ethyl adjacent to an activating group) is 1. The Hall–Kier alpha value is -3.53. The van der Waals surface area contributed by atoms with Crippen molar-refractivity contribution in [3.8, 4) is 5.75 Å². The molecule has 1 atom stereocenters. The number of aryl methyl sites for hydroxylation is 1. The van der Waals surface area contributed by atoms with Gasteiger partial charge in [-0.1, -0.05) is 54.1 Å². The van der Waals surface area contributed by atoms with Crippen molar-refractivity contribution in [1.29, 1.82) is 0 Å². The minimum atomic E-state index is -0.681. The lowest BCUT2D eigenvalue weighted by Crippen LogP contribution is -2.61. The molecule has 1 spiro atoms. The van der Waals surface area contributed by atoms with Gasteiger partial charge in [0.2, 0.25) is 5.72 Å². The maximum Gasteiger partial charge on any atom is 0.228 e. The average Bonchev–Trinajstić information content (AvgIpc) is 3.05. The molecule has 4 nitrogen and oxygen atoms in total. The van der Waals surface area contributed by atoms with Crippen molar-refractivity contribution in [2.75, 3.05) is 29.9 Å². The smallest absolute Gasteiger partial charge is 0.228 e. The van der Waals surface area contributed by atoms with Crippen LogP contribution in [0.25, 0.3) is 21.5 Å². The molecular formula is C32H33N3O. The summed E-state index contributed by atoms with van der Waals surface area (Å²) in [7, 11) is 2.14. The molecule has 0 aliphatic carbocycles. The van der Waals surface area contributed by atoms with E-state index in [1.54, 1.807) is 0 Å². The van der Waals surface area contributed by atoms with Gasteiger partial charge in [-0.05, 0) is 62.4 Å². The number of ether oxygens (including phenoxy) is 1. The minimum Gasteiger partial charge on any atom is -0.459 e. The van der Waals surface area contributed by atoms with Crippen LogP contribution in [0, 0.1) is 6.92 Å². The third-order valence-electron chi connectivity index (χ3n) is 8.85. The molecule has 0 N–H and O–H groups in total. The number of nitrogens with zero attached hydrogens (tertiary/aromatic N) is 3. The highest BCUT2D eigenvalue weighted by molar-refractivity contribution is 6.18. The fourth-order valence-corrected chi connectivity index (χ4v) is 6.76. The number of piperidine rings is 1. The molecule has 7 rings (SSSR count). The third-order valence-corrected chi connectivity index (χ3v) is 8.85. The van der Waals surface area contributed by atoms with Gasteiger partial charge in [-0.25, -0.2) is 0 Å². The Morgan fingerprint density at radius 3 is 2.50 bits per heavy atom. The summed E-state index contributed by atoms with van der Waals surface area (Å²) in [5, 5.41) is 5.02. The van der Waals surface area contributed by atoms with E-state index in [0.717, 1.165) is 24.5 Å². The van der Waals surface area contributed by atoms with Crippen molar-refractivity contribution in [2.24, 2.45) is 4.99 Å². The van der Waals surface area contributed by atoms with Crippen LogP contribution in [0.5, 0.6) is 5.75 Å². The molecule has 3 heterocycles. The van der Waals surface area contributed by atoms with Crippen LogP contribution < -0.4 is 14.5 Å². The summed E-state index contributed by atoms with van der Waals surface area (Å²) >= 11 is 0. The van der Waals surface area contributed by atoms with Crippen molar-refractivity contribution in [1.82, 2.24) is 0 Å². The normalized spacial score (nSPS) is 22.2. The van der Waals surface area contributed by atoms with Gasteiger partial charge in [0.15, 0.2) is 5.75 Å². The van der Waals surface area contributed by atoms with E-state index in [1.165, 1.54) is 63.3 Å². The van der Waals surface area contributed by atoms with Gasteiger partial charge in [-0.3, -0.25) is 4.99 Å². The van der Waals surface area contributed by atoms with Crippen LogP contribution in [0.1, 0.15) is 44.2 Å². The van der Waals surface area contributed by atoms with E-state index in [0.29, 0.717) is 0 Å². The van der Waals surface area contributed by atoms with E-state index in [1.807, 2.05) is 0 Å². The maximum absolute atomic E-state index is 7.13. The zero-order valence-electron chi connectivity index (χ0n) is 21.6. The quantitative estimate of drug-likeness (QED) is 0.267. The first-order chi connectivity index (χ1) is 17.4. The van der Waals surface area contributed by atoms with E-state index in [4.69, 9.17) is 9.73 Å². The second-order valence-corrected chi connectivity index (χ2v) is 11.3. The molecule has 1 saturated heterocycles. The Morgan fingerprint density at radius 1 is 0.861 bits per heavy atom. The lowest BCUT2D eigenvalue weighted by atomic mass is 9.77. The lowest BCUT2D eigenvalue weighted by Gasteiger charge is -2.45. The number of aliphatic imine (C=N–C) groups is 1. The van der Waals surface area contributed by atoms with E-state index in [2.05, 4.69) is 104 Å². The largest absolute Gasteiger partial charge is 0.459 e. The predicted octanol–water partition coefficient (Wildman–Crippen LogP) is 7.51. The Balaban J connectivity index is 1.47. The van der Waals surface area contributed by atoms with Crippen molar-refractivity contribution < 1.29 is 4.74 Å². The van der Waals surface area contributed by atoms with E-state index in [-0.39, 0.29) is 5.41 Å². The lowest BCUT2D eigenvalue weighted by molar-refractivity contribution is 0.0827. The van der Waals surface area contributed by atoms with Crippen molar-refractivity contribution in [3.63, 3.8) is 0 Å². The van der Waals surface area contributed by atoms with Gasteiger partial charge < -0.3 is 14.5 Å². The number of anilines is 2. The van der Waals surface area contributed by atoms with E-state index >= 15 is 0 Å². The van der Waals surface area contributed by atoms with Crippen LogP contribution in [-0.4, -0.2) is 32.1 Å². The Labute approximate surface area is 213 Å². The Kier molecular flexibility index (Phi) is 4.52.